The van der Waals surface area contributed by atoms with Gasteiger partial charge in [0.25, 0.3) is 5.56 Å². The number of hydrogen-bond acceptors (Lipinski definition) is 2. The fourth-order valence-corrected chi connectivity index (χ4v) is 2.72. The summed E-state index contributed by atoms with van der Waals surface area (Å²) in [5.74, 6) is -0.568. The third-order valence-electron chi connectivity index (χ3n) is 2.98. The topological polar surface area (TPSA) is 44.0 Å². The van der Waals surface area contributed by atoms with E-state index < -0.39 is 11.5 Å². The fourth-order valence-electron chi connectivity index (χ4n) is 1.98. The standard InChI is InChI=1S/C14H13ClFIN2O2/c1-2-5-18-8-12(17)13(20)19(14(18)21)7-9-3-4-10(15)11(16)6-9/h3-4,6,8H,2,5,7H2,1H3. The molecule has 0 atom stereocenters. The Morgan fingerprint density at radius 2 is 2.05 bits per heavy atom. The van der Waals surface area contributed by atoms with Gasteiger partial charge in [-0.2, -0.15) is 0 Å². The Morgan fingerprint density at radius 1 is 1.33 bits per heavy atom. The molecular formula is C14H13ClFIN2O2. The van der Waals surface area contributed by atoms with Crippen molar-refractivity contribution in [3.8, 4) is 0 Å². The van der Waals surface area contributed by atoms with E-state index in [1.165, 1.54) is 16.7 Å². The van der Waals surface area contributed by atoms with E-state index in [0.717, 1.165) is 11.0 Å². The Balaban J connectivity index is 2.50. The van der Waals surface area contributed by atoms with E-state index in [1.807, 2.05) is 29.5 Å². The summed E-state index contributed by atoms with van der Waals surface area (Å²) in [6.45, 7) is 2.50. The van der Waals surface area contributed by atoms with Crippen molar-refractivity contribution >= 4 is 34.2 Å². The van der Waals surface area contributed by atoms with Crippen LogP contribution in [0, 0.1) is 9.39 Å². The molecule has 21 heavy (non-hydrogen) atoms. The van der Waals surface area contributed by atoms with Gasteiger partial charge in [-0.15, -0.1) is 0 Å². The second kappa shape index (κ2) is 6.74. The van der Waals surface area contributed by atoms with Gasteiger partial charge in [-0.05, 0) is 46.7 Å². The molecule has 0 radical (unpaired) electrons. The van der Waals surface area contributed by atoms with E-state index in [0.29, 0.717) is 15.7 Å². The van der Waals surface area contributed by atoms with Crippen LogP contribution in [0.5, 0.6) is 0 Å². The van der Waals surface area contributed by atoms with E-state index in [-0.39, 0.29) is 17.1 Å². The smallest absolute Gasteiger partial charge is 0.299 e. The van der Waals surface area contributed by atoms with Crippen molar-refractivity contribution in [3.63, 3.8) is 0 Å². The van der Waals surface area contributed by atoms with Crippen LogP contribution in [0.2, 0.25) is 5.02 Å². The van der Waals surface area contributed by atoms with Gasteiger partial charge in [0.1, 0.15) is 5.82 Å². The SMILES string of the molecule is CCCn1cc(I)c(=O)n(Cc2ccc(Cl)c(F)c2)c1=O. The number of aromatic nitrogens is 2. The first-order valence-corrected chi connectivity index (χ1v) is 7.83. The lowest BCUT2D eigenvalue weighted by molar-refractivity contribution is 0.564. The Morgan fingerprint density at radius 3 is 2.67 bits per heavy atom. The molecule has 0 fully saturated rings. The van der Waals surface area contributed by atoms with Crippen LogP contribution < -0.4 is 11.2 Å². The minimum Gasteiger partial charge on any atom is -0.299 e. The highest BCUT2D eigenvalue weighted by molar-refractivity contribution is 14.1. The molecule has 0 aliphatic carbocycles. The van der Waals surface area contributed by atoms with Crippen molar-refractivity contribution in [2.45, 2.75) is 26.4 Å². The van der Waals surface area contributed by atoms with E-state index >= 15 is 0 Å². The third kappa shape index (κ3) is 3.55. The molecule has 2 aromatic rings. The van der Waals surface area contributed by atoms with Crippen molar-refractivity contribution < 1.29 is 4.39 Å². The van der Waals surface area contributed by atoms with Gasteiger partial charge < -0.3 is 0 Å². The zero-order valence-corrected chi connectivity index (χ0v) is 14.2. The van der Waals surface area contributed by atoms with Crippen molar-refractivity contribution in [1.82, 2.24) is 9.13 Å². The summed E-state index contributed by atoms with van der Waals surface area (Å²) in [6, 6.07) is 4.25. The molecular weight excluding hydrogens is 410 g/mol. The van der Waals surface area contributed by atoms with E-state index in [1.54, 1.807) is 12.3 Å². The van der Waals surface area contributed by atoms with E-state index in [4.69, 9.17) is 11.6 Å². The third-order valence-corrected chi connectivity index (χ3v) is 4.03. The van der Waals surface area contributed by atoms with Crippen LogP contribution >= 0.6 is 34.2 Å². The minimum atomic E-state index is -0.568. The second-order valence-corrected chi connectivity index (χ2v) is 6.16. The average Bonchev–Trinajstić information content (AvgIpc) is 2.45. The van der Waals surface area contributed by atoms with Gasteiger partial charge in [-0.1, -0.05) is 24.6 Å². The first-order chi connectivity index (χ1) is 9.93. The molecule has 0 saturated carbocycles. The van der Waals surface area contributed by atoms with Crippen molar-refractivity contribution in [1.29, 1.82) is 0 Å². The van der Waals surface area contributed by atoms with Crippen LogP contribution in [-0.2, 0) is 13.1 Å². The second-order valence-electron chi connectivity index (χ2n) is 4.59. The van der Waals surface area contributed by atoms with Crippen molar-refractivity contribution in [2.75, 3.05) is 0 Å². The highest BCUT2D eigenvalue weighted by Crippen LogP contribution is 2.15. The lowest BCUT2D eigenvalue weighted by Gasteiger charge is -2.11. The number of rotatable bonds is 4. The molecule has 2 rings (SSSR count). The predicted octanol–water partition coefficient (Wildman–Crippen LogP) is 2.87. The molecule has 0 amide bonds. The van der Waals surface area contributed by atoms with Gasteiger partial charge in [0.05, 0.1) is 15.1 Å². The Bertz CT molecular complexity index is 786. The molecule has 0 spiro atoms. The number of benzene rings is 1. The van der Waals surface area contributed by atoms with Gasteiger partial charge in [-0.25, -0.2) is 9.18 Å². The van der Waals surface area contributed by atoms with Gasteiger partial charge in [-0.3, -0.25) is 13.9 Å². The molecule has 7 heteroatoms. The molecule has 0 aliphatic rings. The van der Waals surface area contributed by atoms with Crippen LogP contribution in [0.25, 0.3) is 0 Å². The van der Waals surface area contributed by atoms with E-state index in [2.05, 4.69) is 0 Å². The lowest BCUT2D eigenvalue weighted by Crippen LogP contribution is -2.41. The predicted molar refractivity (Wildman–Crippen MR) is 88.5 cm³/mol. The summed E-state index contributed by atoms with van der Waals surface area (Å²) in [6.07, 6.45) is 2.33. The zero-order chi connectivity index (χ0) is 15.6. The highest BCUT2D eigenvalue weighted by Gasteiger charge is 2.11. The summed E-state index contributed by atoms with van der Waals surface area (Å²) < 4.78 is 16.5. The van der Waals surface area contributed by atoms with Crippen LogP contribution in [0.3, 0.4) is 0 Å². The molecule has 1 heterocycles. The first-order valence-electron chi connectivity index (χ1n) is 6.37. The molecule has 4 nitrogen and oxygen atoms in total. The molecule has 0 bridgehead atoms. The van der Waals surface area contributed by atoms with Gasteiger partial charge in [0.2, 0.25) is 0 Å². The Hall–Kier alpha value is -1.15. The quantitative estimate of drug-likeness (QED) is 0.711. The van der Waals surface area contributed by atoms with Gasteiger partial charge >= 0.3 is 5.69 Å². The van der Waals surface area contributed by atoms with Crippen LogP contribution in [-0.4, -0.2) is 9.13 Å². The summed E-state index contributed by atoms with van der Waals surface area (Å²) in [5.41, 5.74) is -0.248. The summed E-state index contributed by atoms with van der Waals surface area (Å²) in [4.78, 5) is 24.4. The van der Waals surface area contributed by atoms with Crippen molar-refractivity contribution in [3.05, 3.63) is 65.2 Å². The molecule has 1 aromatic carbocycles. The largest absolute Gasteiger partial charge is 0.331 e. The van der Waals surface area contributed by atoms with Crippen LogP contribution in [0.1, 0.15) is 18.9 Å². The normalized spacial score (nSPS) is 10.9. The first kappa shape index (κ1) is 16.2. The average molecular weight is 423 g/mol. The van der Waals surface area contributed by atoms with Crippen molar-refractivity contribution in [2.24, 2.45) is 0 Å². The molecule has 0 saturated heterocycles. The van der Waals surface area contributed by atoms with Crippen LogP contribution in [0.4, 0.5) is 4.39 Å². The molecule has 112 valence electrons. The van der Waals surface area contributed by atoms with Crippen LogP contribution in [0.15, 0.2) is 34.0 Å². The monoisotopic (exact) mass is 422 g/mol. The minimum absolute atomic E-state index is 0.0112. The fraction of sp³-hybridized carbons (Fsp3) is 0.286. The number of hydrogen-bond donors (Lipinski definition) is 0. The molecule has 0 N–H and O–H groups in total. The number of halogens is 3. The van der Waals surface area contributed by atoms with Gasteiger partial charge in [0, 0.05) is 12.7 Å². The number of aryl methyl sites for hydroxylation is 1. The Labute approximate surface area is 139 Å². The van der Waals surface area contributed by atoms with E-state index in [9.17, 15) is 14.0 Å². The maximum Gasteiger partial charge on any atom is 0.331 e. The number of nitrogens with zero attached hydrogens (tertiary/aromatic N) is 2. The molecule has 0 unspecified atom stereocenters. The zero-order valence-electron chi connectivity index (χ0n) is 11.3. The Kier molecular flexibility index (Phi) is 5.21. The molecule has 0 aliphatic heterocycles. The highest BCUT2D eigenvalue weighted by atomic mass is 127. The lowest BCUT2D eigenvalue weighted by atomic mass is 10.2. The maximum atomic E-state index is 13.5. The van der Waals surface area contributed by atoms with Gasteiger partial charge in [0.15, 0.2) is 0 Å². The maximum absolute atomic E-state index is 13.5. The summed E-state index contributed by atoms with van der Waals surface area (Å²) in [5, 5.41) is 0.0112. The summed E-state index contributed by atoms with van der Waals surface area (Å²) in [7, 11) is 0. The molecule has 1 aromatic heterocycles. The summed E-state index contributed by atoms with van der Waals surface area (Å²) >= 11 is 7.53.